The number of nitrogens with zero attached hydrogens (tertiary/aromatic N) is 1. The van der Waals surface area contributed by atoms with E-state index in [0.717, 1.165) is 7.11 Å². The summed E-state index contributed by atoms with van der Waals surface area (Å²) < 4.78 is 4.21. The molecule has 0 N–H and O–H groups in total. The molecule has 0 amide bonds. The first-order valence-corrected chi connectivity index (χ1v) is 4.14. The molecule has 0 aliphatic rings. The van der Waals surface area contributed by atoms with Crippen molar-refractivity contribution in [2.45, 2.75) is 13.8 Å². The van der Waals surface area contributed by atoms with Crippen LogP contribution in [0.25, 0.3) is 0 Å². The molecule has 1 atom stereocenters. The standard InChI is InChI=1S/C8H13NO5/c1-5(2)6(4-9(12)13)7(10)8(11)14-3/h5-6H,4H2,1-3H3/t6-/m1/s1. The number of ether oxygens (including phenoxy) is 1. The smallest absolute Gasteiger partial charge is 0.374 e. The first kappa shape index (κ1) is 12.5. The van der Waals surface area contributed by atoms with E-state index >= 15 is 0 Å². The molecule has 14 heavy (non-hydrogen) atoms. The quantitative estimate of drug-likeness (QED) is 0.277. The van der Waals surface area contributed by atoms with Gasteiger partial charge in [0.05, 0.1) is 13.0 Å². The summed E-state index contributed by atoms with van der Waals surface area (Å²) in [6.07, 6.45) is 0. The van der Waals surface area contributed by atoms with E-state index in [9.17, 15) is 19.7 Å². The van der Waals surface area contributed by atoms with E-state index in [1.165, 1.54) is 0 Å². The SMILES string of the molecule is COC(=O)C(=O)[C@H](C[N+](=O)[O-])C(C)C. The van der Waals surface area contributed by atoms with Crippen LogP contribution in [0.4, 0.5) is 0 Å². The number of ketones is 1. The van der Waals surface area contributed by atoms with Gasteiger partial charge in [-0.25, -0.2) is 4.79 Å². The number of hydrogen-bond acceptors (Lipinski definition) is 5. The Bertz CT molecular complexity index is 248. The van der Waals surface area contributed by atoms with E-state index in [1.807, 2.05) is 0 Å². The molecular weight excluding hydrogens is 190 g/mol. The van der Waals surface area contributed by atoms with Gasteiger partial charge in [-0.05, 0) is 5.92 Å². The van der Waals surface area contributed by atoms with E-state index in [1.54, 1.807) is 13.8 Å². The molecule has 6 heteroatoms. The summed E-state index contributed by atoms with van der Waals surface area (Å²) in [5, 5.41) is 10.2. The fourth-order valence-corrected chi connectivity index (χ4v) is 1.01. The number of carbonyl (C=O) groups excluding carboxylic acids is 2. The second kappa shape index (κ2) is 5.31. The van der Waals surface area contributed by atoms with Crippen molar-refractivity contribution in [2.75, 3.05) is 13.7 Å². The van der Waals surface area contributed by atoms with Crippen LogP contribution in [0, 0.1) is 22.0 Å². The van der Waals surface area contributed by atoms with E-state index in [4.69, 9.17) is 0 Å². The molecule has 0 saturated heterocycles. The Labute approximate surface area is 81.4 Å². The van der Waals surface area contributed by atoms with Crippen LogP contribution in [0.2, 0.25) is 0 Å². The van der Waals surface area contributed by atoms with Crippen molar-refractivity contribution in [3.63, 3.8) is 0 Å². The Balaban J connectivity index is 4.57. The average molecular weight is 203 g/mol. The van der Waals surface area contributed by atoms with Gasteiger partial charge in [0.1, 0.15) is 0 Å². The topological polar surface area (TPSA) is 86.5 Å². The van der Waals surface area contributed by atoms with E-state index in [-0.39, 0.29) is 5.92 Å². The van der Waals surface area contributed by atoms with E-state index < -0.39 is 29.1 Å². The van der Waals surface area contributed by atoms with Crippen LogP contribution in [-0.4, -0.2) is 30.3 Å². The van der Waals surface area contributed by atoms with Crippen molar-refractivity contribution < 1.29 is 19.2 Å². The maximum Gasteiger partial charge on any atom is 0.374 e. The lowest BCUT2D eigenvalue weighted by molar-refractivity contribution is -0.486. The molecule has 80 valence electrons. The van der Waals surface area contributed by atoms with Crippen molar-refractivity contribution in [2.24, 2.45) is 11.8 Å². The molecular formula is C8H13NO5. The number of Topliss-reactive ketones (excluding diaryl/α,β-unsaturated/α-hetero) is 1. The largest absolute Gasteiger partial charge is 0.463 e. The Kier molecular flexibility index (Phi) is 4.76. The lowest BCUT2D eigenvalue weighted by atomic mass is 9.91. The minimum Gasteiger partial charge on any atom is -0.463 e. The normalized spacial score (nSPS) is 12.3. The minimum absolute atomic E-state index is 0.257. The van der Waals surface area contributed by atoms with Gasteiger partial charge in [0, 0.05) is 4.92 Å². The monoisotopic (exact) mass is 203 g/mol. The van der Waals surface area contributed by atoms with Gasteiger partial charge in [-0.1, -0.05) is 13.8 Å². The molecule has 0 unspecified atom stereocenters. The average Bonchev–Trinajstić information content (AvgIpc) is 2.11. The van der Waals surface area contributed by atoms with Crippen LogP contribution in [-0.2, 0) is 14.3 Å². The third-order valence-electron chi connectivity index (χ3n) is 1.87. The summed E-state index contributed by atoms with van der Waals surface area (Å²) in [7, 11) is 1.07. The molecule has 0 aliphatic heterocycles. The molecule has 0 heterocycles. The second-order valence-corrected chi connectivity index (χ2v) is 3.22. The predicted octanol–water partition coefficient (Wildman–Crippen LogP) is 0.277. The Hall–Kier alpha value is -1.46. The predicted molar refractivity (Wildman–Crippen MR) is 47.2 cm³/mol. The third-order valence-corrected chi connectivity index (χ3v) is 1.87. The summed E-state index contributed by atoms with van der Waals surface area (Å²) in [5.74, 6) is -3.02. The zero-order chi connectivity index (χ0) is 11.3. The molecule has 0 aromatic heterocycles. The van der Waals surface area contributed by atoms with Crippen LogP contribution in [0.15, 0.2) is 0 Å². The zero-order valence-corrected chi connectivity index (χ0v) is 8.35. The van der Waals surface area contributed by atoms with Gasteiger partial charge in [-0.3, -0.25) is 14.9 Å². The van der Waals surface area contributed by atoms with Crippen LogP contribution < -0.4 is 0 Å². The lowest BCUT2D eigenvalue weighted by Gasteiger charge is -2.13. The highest BCUT2D eigenvalue weighted by Crippen LogP contribution is 2.13. The fourth-order valence-electron chi connectivity index (χ4n) is 1.01. The first-order chi connectivity index (χ1) is 6.40. The zero-order valence-electron chi connectivity index (χ0n) is 8.35. The van der Waals surface area contributed by atoms with Crippen LogP contribution in [0.5, 0.6) is 0 Å². The van der Waals surface area contributed by atoms with Gasteiger partial charge in [-0.2, -0.15) is 0 Å². The van der Waals surface area contributed by atoms with Crippen LogP contribution >= 0.6 is 0 Å². The highest BCUT2D eigenvalue weighted by Gasteiger charge is 2.32. The number of carbonyl (C=O) groups is 2. The number of rotatable bonds is 5. The summed E-state index contributed by atoms with van der Waals surface area (Å²) in [5.41, 5.74) is 0. The first-order valence-electron chi connectivity index (χ1n) is 4.14. The molecule has 0 aliphatic carbocycles. The van der Waals surface area contributed by atoms with Gasteiger partial charge < -0.3 is 4.74 Å². The summed E-state index contributed by atoms with van der Waals surface area (Å²) in [6.45, 7) is 2.76. The number of esters is 1. The molecule has 0 radical (unpaired) electrons. The highest BCUT2D eigenvalue weighted by molar-refractivity contribution is 6.34. The van der Waals surface area contributed by atoms with Gasteiger partial charge in [0.25, 0.3) is 0 Å². The highest BCUT2D eigenvalue weighted by atomic mass is 16.6. The Morgan fingerprint density at radius 1 is 1.43 bits per heavy atom. The van der Waals surface area contributed by atoms with Gasteiger partial charge in [-0.15, -0.1) is 0 Å². The van der Waals surface area contributed by atoms with Gasteiger partial charge in [0.15, 0.2) is 0 Å². The third kappa shape index (κ3) is 3.51. The van der Waals surface area contributed by atoms with Crippen molar-refractivity contribution in [1.82, 2.24) is 0 Å². The van der Waals surface area contributed by atoms with E-state index in [0.29, 0.717) is 0 Å². The molecule has 0 aromatic carbocycles. The summed E-state index contributed by atoms with van der Waals surface area (Å²) in [4.78, 5) is 31.7. The van der Waals surface area contributed by atoms with Crippen molar-refractivity contribution in [3.05, 3.63) is 10.1 Å². The molecule has 0 rings (SSSR count). The Morgan fingerprint density at radius 2 is 1.93 bits per heavy atom. The molecule has 0 bridgehead atoms. The molecule has 0 spiro atoms. The van der Waals surface area contributed by atoms with Gasteiger partial charge >= 0.3 is 5.97 Å². The van der Waals surface area contributed by atoms with Crippen molar-refractivity contribution in [3.8, 4) is 0 Å². The van der Waals surface area contributed by atoms with Crippen molar-refractivity contribution >= 4 is 11.8 Å². The molecule has 6 nitrogen and oxygen atoms in total. The number of methoxy groups -OCH3 is 1. The Morgan fingerprint density at radius 3 is 2.21 bits per heavy atom. The van der Waals surface area contributed by atoms with Crippen molar-refractivity contribution in [1.29, 1.82) is 0 Å². The second-order valence-electron chi connectivity index (χ2n) is 3.22. The van der Waals surface area contributed by atoms with Gasteiger partial charge in [0.2, 0.25) is 12.3 Å². The number of nitro groups is 1. The maximum absolute atomic E-state index is 11.3. The lowest BCUT2D eigenvalue weighted by Crippen LogP contribution is -2.33. The minimum atomic E-state index is -1.02. The summed E-state index contributed by atoms with van der Waals surface area (Å²) >= 11 is 0. The van der Waals surface area contributed by atoms with Crippen LogP contribution in [0.3, 0.4) is 0 Å². The molecule has 0 saturated carbocycles. The number of hydrogen-bond donors (Lipinski definition) is 0. The van der Waals surface area contributed by atoms with E-state index in [2.05, 4.69) is 4.74 Å². The maximum atomic E-state index is 11.3. The fraction of sp³-hybridized carbons (Fsp3) is 0.750. The van der Waals surface area contributed by atoms with Crippen LogP contribution in [0.1, 0.15) is 13.8 Å². The molecule has 0 aromatic rings. The molecule has 0 fully saturated rings. The summed E-state index contributed by atoms with van der Waals surface area (Å²) in [6, 6.07) is 0.